The van der Waals surface area contributed by atoms with Crippen LogP contribution in [0.4, 0.5) is 0 Å². The lowest BCUT2D eigenvalue weighted by Gasteiger charge is -1.85. The zero-order valence-electron chi connectivity index (χ0n) is 4.78. The molecule has 0 spiro atoms. The molecule has 0 unspecified atom stereocenters. The average molecular weight is 119 g/mol. The summed E-state index contributed by atoms with van der Waals surface area (Å²) in [6.45, 7) is 0. The molecule has 0 amide bonds. The summed E-state index contributed by atoms with van der Waals surface area (Å²) < 4.78 is 0. The minimum absolute atomic E-state index is 0.341. The van der Waals surface area contributed by atoms with Crippen molar-refractivity contribution in [3.05, 3.63) is 24.0 Å². The van der Waals surface area contributed by atoms with E-state index in [9.17, 15) is 0 Å². The number of nitriles is 1. The van der Waals surface area contributed by atoms with E-state index in [-0.39, 0.29) is 0 Å². The fourth-order valence-electron chi connectivity index (χ4n) is 0.509. The predicted molar refractivity (Wildman–Crippen MR) is 31.3 cm³/mol. The second kappa shape index (κ2) is 2.78. The van der Waals surface area contributed by atoms with Gasteiger partial charge in [-0.15, -0.1) is 0 Å². The molecule has 1 aromatic rings. The lowest BCUT2D eigenvalue weighted by atomic mass is 10.3. The molecule has 0 atom stereocenters. The van der Waals surface area contributed by atoms with Crippen LogP contribution in [0.15, 0.2) is 18.3 Å². The zero-order chi connectivity index (χ0) is 6.53. The SMILES string of the molecule is N#CCc1cccnn1. The summed E-state index contributed by atoms with van der Waals surface area (Å²) in [5.41, 5.74) is 0.722. The first-order chi connectivity index (χ1) is 4.43. The molecular weight excluding hydrogens is 114 g/mol. The van der Waals surface area contributed by atoms with Crippen LogP contribution in [0.5, 0.6) is 0 Å². The van der Waals surface area contributed by atoms with Crippen LogP contribution in [-0.2, 0) is 6.42 Å². The fraction of sp³-hybridized carbons (Fsp3) is 0.167. The van der Waals surface area contributed by atoms with E-state index in [2.05, 4.69) is 10.2 Å². The van der Waals surface area contributed by atoms with Crippen LogP contribution in [0.1, 0.15) is 5.69 Å². The highest BCUT2D eigenvalue weighted by Crippen LogP contribution is 1.89. The summed E-state index contributed by atoms with van der Waals surface area (Å²) >= 11 is 0. The summed E-state index contributed by atoms with van der Waals surface area (Å²) in [7, 11) is 0. The molecule has 44 valence electrons. The van der Waals surface area contributed by atoms with Crippen molar-refractivity contribution >= 4 is 0 Å². The molecule has 0 aromatic carbocycles. The molecule has 0 saturated carbocycles. The minimum atomic E-state index is 0.341. The minimum Gasteiger partial charge on any atom is -0.198 e. The summed E-state index contributed by atoms with van der Waals surface area (Å²) in [5.74, 6) is 0. The quantitative estimate of drug-likeness (QED) is 0.542. The number of rotatable bonds is 1. The van der Waals surface area contributed by atoms with Crippen LogP contribution in [0.2, 0.25) is 0 Å². The maximum Gasteiger partial charge on any atom is 0.0793 e. The maximum atomic E-state index is 8.20. The molecule has 0 aliphatic heterocycles. The first-order valence-electron chi connectivity index (χ1n) is 2.57. The third-order valence-corrected chi connectivity index (χ3v) is 0.888. The van der Waals surface area contributed by atoms with Crippen LogP contribution >= 0.6 is 0 Å². The van der Waals surface area contributed by atoms with Crippen LogP contribution in [-0.4, -0.2) is 10.2 Å². The fourth-order valence-corrected chi connectivity index (χ4v) is 0.509. The predicted octanol–water partition coefficient (Wildman–Crippen LogP) is 0.543. The van der Waals surface area contributed by atoms with Gasteiger partial charge in [0, 0.05) is 6.20 Å². The molecule has 0 radical (unpaired) electrons. The van der Waals surface area contributed by atoms with Crippen molar-refractivity contribution in [1.82, 2.24) is 10.2 Å². The van der Waals surface area contributed by atoms with Gasteiger partial charge in [-0.2, -0.15) is 15.5 Å². The highest BCUT2D eigenvalue weighted by Gasteiger charge is 1.87. The molecule has 3 nitrogen and oxygen atoms in total. The lowest BCUT2D eigenvalue weighted by Crippen LogP contribution is -1.87. The van der Waals surface area contributed by atoms with Crippen LogP contribution in [0.3, 0.4) is 0 Å². The van der Waals surface area contributed by atoms with E-state index >= 15 is 0 Å². The largest absolute Gasteiger partial charge is 0.198 e. The van der Waals surface area contributed by atoms with Gasteiger partial charge in [-0.25, -0.2) is 0 Å². The summed E-state index contributed by atoms with van der Waals surface area (Å²) in [6.07, 6.45) is 1.93. The molecule has 0 aliphatic carbocycles. The molecule has 0 bridgehead atoms. The molecule has 1 aromatic heterocycles. The van der Waals surface area contributed by atoms with Gasteiger partial charge in [0.05, 0.1) is 18.2 Å². The van der Waals surface area contributed by atoms with E-state index in [1.165, 1.54) is 0 Å². The van der Waals surface area contributed by atoms with Gasteiger partial charge < -0.3 is 0 Å². The van der Waals surface area contributed by atoms with Crippen molar-refractivity contribution in [3.8, 4) is 6.07 Å². The molecule has 1 heterocycles. The van der Waals surface area contributed by atoms with Crippen molar-refractivity contribution < 1.29 is 0 Å². The molecule has 0 N–H and O–H groups in total. The molecule has 0 saturated heterocycles. The van der Waals surface area contributed by atoms with Gasteiger partial charge in [0.1, 0.15) is 0 Å². The maximum absolute atomic E-state index is 8.20. The molecule has 9 heavy (non-hydrogen) atoms. The Morgan fingerprint density at radius 3 is 3.11 bits per heavy atom. The smallest absolute Gasteiger partial charge is 0.0793 e. The van der Waals surface area contributed by atoms with E-state index in [0.29, 0.717) is 6.42 Å². The first-order valence-corrected chi connectivity index (χ1v) is 2.57. The monoisotopic (exact) mass is 119 g/mol. The molecular formula is C6H5N3. The Balaban J connectivity index is 2.76. The van der Waals surface area contributed by atoms with Gasteiger partial charge in [-0.3, -0.25) is 0 Å². The Bertz CT molecular complexity index is 211. The molecule has 3 heteroatoms. The van der Waals surface area contributed by atoms with Crippen molar-refractivity contribution in [1.29, 1.82) is 5.26 Å². The topological polar surface area (TPSA) is 49.6 Å². The Labute approximate surface area is 53.0 Å². The third kappa shape index (κ3) is 1.50. The Morgan fingerprint density at radius 2 is 2.56 bits per heavy atom. The van der Waals surface area contributed by atoms with Crippen molar-refractivity contribution in [2.45, 2.75) is 6.42 Å². The van der Waals surface area contributed by atoms with Gasteiger partial charge in [-0.1, -0.05) is 0 Å². The standard InChI is InChI=1S/C6H5N3/c7-4-3-6-2-1-5-8-9-6/h1-2,5H,3H2. The molecule has 1 rings (SSSR count). The van der Waals surface area contributed by atoms with Gasteiger partial charge in [0.15, 0.2) is 0 Å². The van der Waals surface area contributed by atoms with Gasteiger partial charge in [0.25, 0.3) is 0 Å². The number of aromatic nitrogens is 2. The second-order valence-corrected chi connectivity index (χ2v) is 1.55. The lowest BCUT2D eigenvalue weighted by molar-refractivity contribution is 0.952. The number of hydrogen-bond acceptors (Lipinski definition) is 3. The Kier molecular flexibility index (Phi) is 1.76. The summed E-state index contributed by atoms with van der Waals surface area (Å²) in [6, 6.07) is 5.52. The van der Waals surface area contributed by atoms with Crippen molar-refractivity contribution in [3.63, 3.8) is 0 Å². The van der Waals surface area contributed by atoms with E-state index in [0.717, 1.165) is 5.69 Å². The summed E-state index contributed by atoms with van der Waals surface area (Å²) in [5, 5.41) is 15.5. The van der Waals surface area contributed by atoms with Crippen molar-refractivity contribution in [2.24, 2.45) is 0 Å². The van der Waals surface area contributed by atoms with Crippen molar-refractivity contribution in [2.75, 3.05) is 0 Å². The zero-order valence-corrected chi connectivity index (χ0v) is 4.78. The van der Waals surface area contributed by atoms with Gasteiger partial charge in [-0.05, 0) is 12.1 Å². The van der Waals surface area contributed by atoms with E-state index in [1.54, 1.807) is 18.3 Å². The molecule has 0 aliphatic rings. The van der Waals surface area contributed by atoms with E-state index in [1.807, 2.05) is 6.07 Å². The second-order valence-electron chi connectivity index (χ2n) is 1.55. The third-order valence-electron chi connectivity index (χ3n) is 0.888. The normalized spacial score (nSPS) is 8.33. The Morgan fingerprint density at radius 1 is 1.67 bits per heavy atom. The van der Waals surface area contributed by atoms with Crippen LogP contribution in [0, 0.1) is 11.3 Å². The number of nitrogens with zero attached hydrogens (tertiary/aromatic N) is 3. The van der Waals surface area contributed by atoms with Gasteiger partial charge >= 0.3 is 0 Å². The molecule has 0 fully saturated rings. The highest BCUT2D eigenvalue weighted by molar-refractivity contribution is 5.04. The van der Waals surface area contributed by atoms with E-state index < -0.39 is 0 Å². The number of hydrogen-bond donors (Lipinski definition) is 0. The first kappa shape index (κ1) is 5.70. The van der Waals surface area contributed by atoms with Crippen LogP contribution < -0.4 is 0 Å². The highest BCUT2D eigenvalue weighted by atomic mass is 15.1. The van der Waals surface area contributed by atoms with Gasteiger partial charge in [0.2, 0.25) is 0 Å². The van der Waals surface area contributed by atoms with E-state index in [4.69, 9.17) is 5.26 Å². The average Bonchev–Trinajstić information content (AvgIpc) is 1.91. The Hall–Kier alpha value is -1.43. The summed E-state index contributed by atoms with van der Waals surface area (Å²) in [4.78, 5) is 0. The van der Waals surface area contributed by atoms with Crippen LogP contribution in [0.25, 0.3) is 0 Å².